The van der Waals surface area contributed by atoms with Gasteiger partial charge in [-0.2, -0.15) is 0 Å². The lowest BCUT2D eigenvalue weighted by atomic mass is 10.3. The first-order valence-corrected chi connectivity index (χ1v) is 5.85. The van der Waals surface area contributed by atoms with E-state index >= 15 is 0 Å². The van der Waals surface area contributed by atoms with E-state index in [1.54, 1.807) is 13.4 Å². The number of fused-ring (bicyclic) bond motifs is 1. The number of hydrogen-bond acceptors (Lipinski definition) is 5. The van der Waals surface area contributed by atoms with Gasteiger partial charge in [0.1, 0.15) is 17.1 Å². The molecule has 0 spiro atoms. The Morgan fingerprint density at radius 3 is 2.89 bits per heavy atom. The molecule has 0 bridgehead atoms. The number of anilines is 2. The minimum absolute atomic E-state index is 0.643. The molecular weight excluding hydrogens is 242 g/mol. The Labute approximate surface area is 109 Å². The molecule has 3 aromatic rings. The third-order valence-electron chi connectivity index (χ3n) is 2.76. The van der Waals surface area contributed by atoms with Crippen LogP contribution < -0.4 is 10.1 Å². The summed E-state index contributed by atoms with van der Waals surface area (Å²) >= 11 is 0. The Kier molecular flexibility index (Phi) is 2.75. The van der Waals surface area contributed by atoms with E-state index in [-0.39, 0.29) is 0 Å². The van der Waals surface area contributed by atoms with Crippen molar-refractivity contribution in [1.29, 1.82) is 0 Å². The Balaban J connectivity index is 2.07. The monoisotopic (exact) mass is 255 g/mol. The minimum Gasteiger partial charge on any atom is -0.495 e. The average Bonchev–Trinajstić information content (AvgIpc) is 2.87. The molecular formula is C13H13N5O. The number of benzene rings is 1. The Morgan fingerprint density at radius 1 is 1.21 bits per heavy atom. The minimum atomic E-state index is 0.643. The van der Waals surface area contributed by atoms with Crippen LogP contribution in [-0.4, -0.2) is 27.0 Å². The van der Waals surface area contributed by atoms with Gasteiger partial charge in [0.05, 0.1) is 19.1 Å². The first-order valence-electron chi connectivity index (χ1n) is 5.85. The second kappa shape index (κ2) is 4.56. The zero-order valence-electron chi connectivity index (χ0n) is 10.6. The average molecular weight is 255 g/mol. The van der Waals surface area contributed by atoms with Gasteiger partial charge in [0.2, 0.25) is 0 Å². The predicted molar refractivity (Wildman–Crippen MR) is 72.7 cm³/mol. The first-order chi connectivity index (χ1) is 9.28. The lowest BCUT2D eigenvalue weighted by molar-refractivity contribution is 0.417. The highest BCUT2D eigenvalue weighted by Gasteiger charge is 2.10. The molecule has 6 heteroatoms. The molecule has 0 unspecified atom stereocenters. The van der Waals surface area contributed by atoms with Crippen molar-refractivity contribution >= 4 is 22.7 Å². The largest absolute Gasteiger partial charge is 0.495 e. The Hall–Kier alpha value is -2.63. The van der Waals surface area contributed by atoms with Crippen molar-refractivity contribution in [2.75, 3.05) is 12.4 Å². The van der Waals surface area contributed by atoms with E-state index in [2.05, 4.69) is 25.3 Å². The summed E-state index contributed by atoms with van der Waals surface area (Å²) in [6.07, 6.45) is 1.60. The third-order valence-corrected chi connectivity index (χ3v) is 2.76. The van der Waals surface area contributed by atoms with Gasteiger partial charge in [0.15, 0.2) is 11.5 Å². The molecule has 0 saturated carbocycles. The summed E-state index contributed by atoms with van der Waals surface area (Å²) in [5.74, 6) is 2.10. The molecule has 0 aliphatic heterocycles. The molecule has 0 aliphatic carbocycles. The Morgan fingerprint density at radius 2 is 2.05 bits per heavy atom. The summed E-state index contributed by atoms with van der Waals surface area (Å²) in [5, 5.41) is 3.25. The maximum Gasteiger partial charge on any atom is 0.183 e. The van der Waals surface area contributed by atoms with Crippen molar-refractivity contribution in [3.05, 3.63) is 36.4 Å². The molecule has 0 saturated heterocycles. The Bertz CT molecular complexity index is 722. The molecule has 0 fully saturated rings. The second-order valence-corrected chi connectivity index (χ2v) is 4.05. The normalized spacial score (nSPS) is 10.6. The van der Waals surface area contributed by atoms with Crippen molar-refractivity contribution in [3.8, 4) is 5.75 Å². The zero-order valence-corrected chi connectivity index (χ0v) is 10.6. The number of aromatic nitrogens is 4. The lowest BCUT2D eigenvalue weighted by Gasteiger charge is -2.10. The van der Waals surface area contributed by atoms with Crippen molar-refractivity contribution in [2.24, 2.45) is 0 Å². The second-order valence-electron chi connectivity index (χ2n) is 4.05. The maximum atomic E-state index is 5.31. The highest BCUT2D eigenvalue weighted by molar-refractivity contribution is 5.85. The van der Waals surface area contributed by atoms with E-state index in [0.717, 1.165) is 17.0 Å². The molecule has 3 rings (SSSR count). The van der Waals surface area contributed by atoms with E-state index in [0.29, 0.717) is 17.3 Å². The number of nitrogens with one attached hydrogen (secondary N) is 2. The molecule has 2 N–H and O–H groups in total. The number of aryl methyl sites for hydroxylation is 1. The van der Waals surface area contributed by atoms with Crippen LogP contribution in [0.5, 0.6) is 5.75 Å². The topological polar surface area (TPSA) is 75.7 Å². The molecule has 96 valence electrons. The lowest BCUT2D eigenvalue weighted by Crippen LogP contribution is -2.00. The molecule has 2 heterocycles. The summed E-state index contributed by atoms with van der Waals surface area (Å²) in [7, 11) is 1.64. The predicted octanol–water partition coefficient (Wildman–Crippen LogP) is 2.41. The number of ether oxygens (including phenoxy) is 1. The molecule has 19 heavy (non-hydrogen) atoms. The van der Waals surface area contributed by atoms with Crippen LogP contribution in [0.25, 0.3) is 11.2 Å². The number of aromatic amines is 1. The fraction of sp³-hybridized carbons (Fsp3) is 0.154. The van der Waals surface area contributed by atoms with Crippen LogP contribution in [0.1, 0.15) is 5.82 Å². The standard InChI is InChI=1S/C13H13N5O/c1-8-16-12-11(14-7-15-12)13(17-8)18-9-5-3-4-6-10(9)19-2/h3-7H,1-2H3,(H2,14,15,16,17,18). The number of imidazole rings is 1. The van der Waals surface area contributed by atoms with E-state index in [1.807, 2.05) is 31.2 Å². The molecule has 1 aromatic carbocycles. The molecule has 2 aromatic heterocycles. The van der Waals surface area contributed by atoms with Crippen molar-refractivity contribution in [1.82, 2.24) is 19.9 Å². The van der Waals surface area contributed by atoms with Gasteiger partial charge >= 0.3 is 0 Å². The van der Waals surface area contributed by atoms with Gasteiger partial charge in [-0.3, -0.25) is 0 Å². The zero-order chi connectivity index (χ0) is 13.2. The summed E-state index contributed by atoms with van der Waals surface area (Å²) in [4.78, 5) is 15.8. The molecule has 0 atom stereocenters. The van der Waals surface area contributed by atoms with Crippen LogP contribution in [0.3, 0.4) is 0 Å². The van der Waals surface area contributed by atoms with E-state index in [4.69, 9.17) is 4.74 Å². The van der Waals surface area contributed by atoms with Crippen LogP contribution in [0.4, 0.5) is 11.5 Å². The number of methoxy groups -OCH3 is 1. The number of rotatable bonds is 3. The molecule has 0 radical (unpaired) electrons. The van der Waals surface area contributed by atoms with Crippen LogP contribution in [0.15, 0.2) is 30.6 Å². The summed E-state index contributed by atoms with van der Waals surface area (Å²) in [6.45, 7) is 1.83. The highest BCUT2D eigenvalue weighted by Crippen LogP contribution is 2.28. The summed E-state index contributed by atoms with van der Waals surface area (Å²) < 4.78 is 5.31. The summed E-state index contributed by atoms with van der Waals surface area (Å²) in [6, 6.07) is 7.67. The van der Waals surface area contributed by atoms with Gasteiger partial charge < -0.3 is 15.0 Å². The first kappa shape index (κ1) is 11.5. The number of H-pyrrole nitrogens is 1. The third kappa shape index (κ3) is 2.08. The van der Waals surface area contributed by atoms with Gasteiger partial charge in [0.25, 0.3) is 0 Å². The van der Waals surface area contributed by atoms with E-state index in [1.165, 1.54) is 0 Å². The highest BCUT2D eigenvalue weighted by atomic mass is 16.5. The summed E-state index contributed by atoms with van der Waals surface area (Å²) in [5.41, 5.74) is 2.26. The number of hydrogen-bond donors (Lipinski definition) is 2. The SMILES string of the molecule is COc1ccccc1Nc1nc(C)nc2nc[nH]c12. The quantitative estimate of drug-likeness (QED) is 0.751. The van der Waals surface area contributed by atoms with Crippen LogP contribution >= 0.6 is 0 Å². The van der Waals surface area contributed by atoms with Crippen LogP contribution in [0, 0.1) is 6.92 Å². The van der Waals surface area contributed by atoms with Crippen molar-refractivity contribution < 1.29 is 4.74 Å². The fourth-order valence-electron chi connectivity index (χ4n) is 1.91. The molecule has 0 amide bonds. The van der Waals surface area contributed by atoms with E-state index in [9.17, 15) is 0 Å². The van der Waals surface area contributed by atoms with Gasteiger partial charge in [-0.25, -0.2) is 15.0 Å². The van der Waals surface area contributed by atoms with E-state index < -0.39 is 0 Å². The maximum absolute atomic E-state index is 5.31. The molecule has 6 nitrogen and oxygen atoms in total. The van der Waals surface area contributed by atoms with Crippen molar-refractivity contribution in [3.63, 3.8) is 0 Å². The van der Waals surface area contributed by atoms with Gasteiger partial charge in [-0.15, -0.1) is 0 Å². The van der Waals surface area contributed by atoms with Gasteiger partial charge in [-0.05, 0) is 19.1 Å². The van der Waals surface area contributed by atoms with Gasteiger partial charge in [0, 0.05) is 0 Å². The fourth-order valence-corrected chi connectivity index (χ4v) is 1.91. The van der Waals surface area contributed by atoms with Crippen molar-refractivity contribution in [2.45, 2.75) is 6.92 Å². The van der Waals surface area contributed by atoms with Crippen LogP contribution in [-0.2, 0) is 0 Å². The number of para-hydroxylation sites is 2. The number of nitrogens with zero attached hydrogens (tertiary/aromatic N) is 3. The van der Waals surface area contributed by atoms with Crippen LogP contribution in [0.2, 0.25) is 0 Å². The van der Waals surface area contributed by atoms with Gasteiger partial charge in [-0.1, -0.05) is 12.1 Å². The smallest absolute Gasteiger partial charge is 0.183 e. The molecule has 0 aliphatic rings.